The third kappa shape index (κ3) is 6.64. The van der Waals surface area contributed by atoms with Crippen molar-refractivity contribution in [3.05, 3.63) is 58.3 Å². The molecule has 0 radical (unpaired) electrons. The number of carbonyl (C=O) groups excluding carboxylic acids is 2. The van der Waals surface area contributed by atoms with E-state index in [1.54, 1.807) is 6.07 Å². The minimum absolute atomic E-state index is 0.0850. The maximum atomic E-state index is 12.8. The predicted molar refractivity (Wildman–Crippen MR) is 107 cm³/mol. The lowest BCUT2D eigenvalue weighted by Gasteiger charge is -2.22. The number of carbonyl (C=O) groups is 2. The third-order valence-electron chi connectivity index (χ3n) is 4.22. The Morgan fingerprint density at radius 2 is 1.69 bits per heavy atom. The highest BCUT2D eigenvalue weighted by Gasteiger charge is 2.23. The molecule has 2 unspecified atom stereocenters. The predicted octanol–water partition coefficient (Wildman–Crippen LogP) is 4.03. The smallest absolute Gasteiger partial charge is 0.262 e. The van der Waals surface area contributed by atoms with Gasteiger partial charge in [0.1, 0.15) is 6.04 Å². The van der Waals surface area contributed by atoms with Crippen LogP contribution < -0.4 is 10.6 Å². The van der Waals surface area contributed by atoms with Crippen molar-refractivity contribution >= 4 is 23.2 Å². The molecule has 0 bridgehead atoms. The Morgan fingerprint density at radius 1 is 0.962 bits per heavy atom. The van der Waals surface area contributed by atoms with Crippen LogP contribution in [0, 0.1) is 5.92 Å². The molecule has 0 fully saturated rings. The molecular formula is C21H28N2O2S. The first-order valence-corrected chi connectivity index (χ1v) is 10.0. The van der Waals surface area contributed by atoms with Crippen LogP contribution in [0.1, 0.15) is 48.8 Å². The van der Waals surface area contributed by atoms with Crippen molar-refractivity contribution in [2.24, 2.45) is 5.92 Å². The Labute approximate surface area is 160 Å². The number of benzene rings is 1. The highest BCUT2D eigenvalue weighted by atomic mass is 32.1. The Kier molecular flexibility index (Phi) is 7.85. The number of amides is 2. The summed E-state index contributed by atoms with van der Waals surface area (Å²) in [6.07, 6.45) is 2.47. The second-order valence-corrected chi connectivity index (χ2v) is 8.02. The summed E-state index contributed by atoms with van der Waals surface area (Å²) in [7, 11) is 0. The summed E-state index contributed by atoms with van der Waals surface area (Å²) < 4.78 is 0. The molecule has 4 nitrogen and oxygen atoms in total. The van der Waals surface area contributed by atoms with E-state index in [-0.39, 0.29) is 17.9 Å². The zero-order chi connectivity index (χ0) is 18.9. The van der Waals surface area contributed by atoms with Gasteiger partial charge < -0.3 is 10.6 Å². The minimum Gasteiger partial charge on any atom is -0.352 e. The summed E-state index contributed by atoms with van der Waals surface area (Å²) in [5, 5.41) is 7.81. The molecule has 2 amide bonds. The minimum atomic E-state index is -0.589. The van der Waals surface area contributed by atoms with Crippen molar-refractivity contribution in [2.45, 2.75) is 52.1 Å². The standard InChI is InChI=1S/C21H28N2O2S/c1-15(2)11-12-16(3)22-20(24)18(14-17-8-5-4-6-9-17)23-21(25)19-10-7-13-26-19/h4-10,13,15-16,18H,11-12,14H2,1-3H3,(H,22,24)(H,23,25). The molecule has 1 heterocycles. The Morgan fingerprint density at radius 3 is 2.31 bits per heavy atom. The van der Waals surface area contributed by atoms with Gasteiger partial charge in [-0.2, -0.15) is 0 Å². The zero-order valence-corrected chi connectivity index (χ0v) is 16.5. The molecule has 2 aromatic rings. The highest BCUT2D eigenvalue weighted by molar-refractivity contribution is 7.12. The van der Waals surface area contributed by atoms with Gasteiger partial charge in [-0.25, -0.2) is 0 Å². The van der Waals surface area contributed by atoms with Gasteiger partial charge in [-0.05, 0) is 42.7 Å². The second-order valence-electron chi connectivity index (χ2n) is 7.07. The molecule has 2 N–H and O–H groups in total. The monoisotopic (exact) mass is 372 g/mol. The van der Waals surface area contributed by atoms with E-state index in [1.807, 2.05) is 48.7 Å². The molecular weight excluding hydrogens is 344 g/mol. The number of hydrogen-bond donors (Lipinski definition) is 2. The first-order valence-electron chi connectivity index (χ1n) is 9.14. The van der Waals surface area contributed by atoms with Gasteiger partial charge in [-0.3, -0.25) is 9.59 Å². The van der Waals surface area contributed by atoms with Crippen molar-refractivity contribution < 1.29 is 9.59 Å². The number of hydrogen-bond acceptors (Lipinski definition) is 3. The van der Waals surface area contributed by atoms with Crippen LogP contribution in [0.15, 0.2) is 47.8 Å². The van der Waals surface area contributed by atoms with E-state index in [0.29, 0.717) is 17.2 Å². The lowest BCUT2D eigenvalue weighted by Crippen LogP contribution is -2.50. The molecule has 5 heteroatoms. The molecule has 0 aliphatic carbocycles. The van der Waals surface area contributed by atoms with Gasteiger partial charge >= 0.3 is 0 Å². The number of nitrogens with one attached hydrogen (secondary N) is 2. The van der Waals surface area contributed by atoms with Gasteiger partial charge in [0.15, 0.2) is 0 Å². The second kappa shape index (κ2) is 10.1. The average molecular weight is 373 g/mol. The van der Waals surface area contributed by atoms with Crippen LogP contribution in [0.3, 0.4) is 0 Å². The van der Waals surface area contributed by atoms with E-state index >= 15 is 0 Å². The van der Waals surface area contributed by atoms with Crippen molar-refractivity contribution in [3.8, 4) is 0 Å². The SMILES string of the molecule is CC(C)CCC(C)NC(=O)C(Cc1ccccc1)NC(=O)c1cccs1. The maximum absolute atomic E-state index is 12.8. The Balaban J connectivity index is 2.03. The summed E-state index contributed by atoms with van der Waals surface area (Å²) in [4.78, 5) is 25.8. The molecule has 1 aromatic carbocycles. The van der Waals surface area contributed by atoms with Gasteiger partial charge in [0.05, 0.1) is 4.88 Å². The van der Waals surface area contributed by atoms with Crippen LogP contribution in [0.25, 0.3) is 0 Å². The van der Waals surface area contributed by atoms with Crippen LogP contribution in [-0.2, 0) is 11.2 Å². The lowest BCUT2D eigenvalue weighted by atomic mass is 10.0. The van der Waals surface area contributed by atoms with E-state index < -0.39 is 6.04 Å². The Hall–Kier alpha value is -2.14. The van der Waals surface area contributed by atoms with E-state index in [2.05, 4.69) is 24.5 Å². The van der Waals surface area contributed by atoms with Crippen LogP contribution in [0.4, 0.5) is 0 Å². The molecule has 2 atom stereocenters. The lowest BCUT2D eigenvalue weighted by molar-refractivity contribution is -0.123. The van der Waals surface area contributed by atoms with Crippen LogP contribution >= 0.6 is 11.3 Å². The maximum Gasteiger partial charge on any atom is 0.262 e. The fraction of sp³-hybridized carbons (Fsp3) is 0.429. The van der Waals surface area contributed by atoms with E-state index in [1.165, 1.54) is 11.3 Å². The first kappa shape index (κ1) is 20.2. The topological polar surface area (TPSA) is 58.2 Å². The van der Waals surface area contributed by atoms with Crippen molar-refractivity contribution in [2.75, 3.05) is 0 Å². The van der Waals surface area contributed by atoms with Crippen LogP contribution in [-0.4, -0.2) is 23.9 Å². The third-order valence-corrected chi connectivity index (χ3v) is 5.08. The van der Waals surface area contributed by atoms with Gasteiger partial charge in [0.2, 0.25) is 5.91 Å². The van der Waals surface area contributed by atoms with Gasteiger partial charge in [-0.15, -0.1) is 11.3 Å². The average Bonchev–Trinajstić information content (AvgIpc) is 3.15. The van der Waals surface area contributed by atoms with Crippen molar-refractivity contribution in [3.63, 3.8) is 0 Å². The summed E-state index contributed by atoms with van der Waals surface area (Å²) in [6.45, 7) is 6.36. The molecule has 2 rings (SSSR count). The normalized spacial score (nSPS) is 13.2. The molecule has 0 spiro atoms. The number of thiophene rings is 1. The van der Waals surface area contributed by atoms with Crippen LogP contribution in [0.5, 0.6) is 0 Å². The molecule has 0 aliphatic heterocycles. The molecule has 0 aliphatic rings. The molecule has 0 saturated heterocycles. The fourth-order valence-electron chi connectivity index (χ4n) is 2.70. The van der Waals surface area contributed by atoms with Gasteiger partial charge in [0, 0.05) is 12.5 Å². The van der Waals surface area contributed by atoms with Gasteiger partial charge in [0.25, 0.3) is 5.91 Å². The summed E-state index contributed by atoms with van der Waals surface area (Å²) in [5.74, 6) is 0.272. The summed E-state index contributed by atoms with van der Waals surface area (Å²) in [6, 6.07) is 12.9. The summed E-state index contributed by atoms with van der Waals surface area (Å²) in [5.41, 5.74) is 1.02. The largest absolute Gasteiger partial charge is 0.352 e. The van der Waals surface area contributed by atoms with Crippen LogP contribution in [0.2, 0.25) is 0 Å². The molecule has 0 saturated carbocycles. The van der Waals surface area contributed by atoms with Crippen molar-refractivity contribution in [1.29, 1.82) is 0 Å². The van der Waals surface area contributed by atoms with Crippen molar-refractivity contribution in [1.82, 2.24) is 10.6 Å². The molecule has 26 heavy (non-hydrogen) atoms. The van der Waals surface area contributed by atoms with E-state index in [4.69, 9.17) is 0 Å². The Bertz CT molecular complexity index is 683. The molecule has 1 aromatic heterocycles. The summed E-state index contributed by atoms with van der Waals surface area (Å²) >= 11 is 1.37. The first-order chi connectivity index (χ1) is 12.5. The van der Waals surface area contributed by atoms with E-state index in [9.17, 15) is 9.59 Å². The van der Waals surface area contributed by atoms with Gasteiger partial charge in [-0.1, -0.05) is 50.2 Å². The zero-order valence-electron chi connectivity index (χ0n) is 15.7. The highest BCUT2D eigenvalue weighted by Crippen LogP contribution is 2.11. The van der Waals surface area contributed by atoms with E-state index in [0.717, 1.165) is 18.4 Å². The fourth-order valence-corrected chi connectivity index (χ4v) is 3.32. The number of rotatable bonds is 9. The quantitative estimate of drug-likeness (QED) is 0.698. The molecule has 140 valence electrons.